The molecule has 0 heterocycles. The maximum Gasteiger partial charge on any atom is 0.412 e. The number of carbonyl (C=O) groups is 2. The van der Waals surface area contributed by atoms with Crippen molar-refractivity contribution >= 4 is 12.1 Å². The molecule has 5 nitrogen and oxygen atoms in total. The summed E-state index contributed by atoms with van der Waals surface area (Å²) in [5.74, 6) is -0.600. The lowest BCUT2D eigenvalue weighted by Gasteiger charge is -2.10. The number of benzene rings is 1. The zero-order valence-corrected chi connectivity index (χ0v) is 11.2. The van der Waals surface area contributed by atoms with E-state index in [9.17, 15) is 9.59 Å². The average Bonchev–Trinajstić information content (AvgIpc) is 2.42. The third kappa shape index (κ3) is 4.83. The van der Waals surface area contributed by atoms with E-state index in [1.165, 1.54) is 7.11 Å². The first-order chi connectivity index (χ1) is 9.04. The normalized spacial score (nSPS) is 9.42. The number of carbonyl (C=O) groups excluding carboxylic acids is 2. The Morgan fingerprint density at radius 3 is 2.32 bits per heavy atom. The Morgan fingerprint density at radius 1 is 1.16 bits per heavy atom. The summed E-state index contributed by atoms with van der Waals surface area (Å²) in [4.78, 5) is 23.0. The zero-order chi connectivity index (χ0) is 14.3. The lowest BCUT2D eigenvalue weighted by atomic mass is 10.2. The van der Waals surface area contributed by atoms with Crippen LogP contribution in [0.15, 0.2) is 41.6 Å². The summed E-state index contributed by atoms with van der Waals surface area (Å²) in [5.41, 5.74) is 1.61. The van der Waals surface area contributed by atoms with E-state index in [0.717, 1.165) is 5.56 Å². The molecule has 102 valence electrons. The van der Waals surface area contributed by atoms with Crippen molar-refractivity contribution in [3.8, 4) is 0 Å². The molecule has 0 bridgehead atoms. The number of esters is 1. The summed E-state index contributed by atoms with van der Waals surface area (Å²) < 4.78 is 9.58. The van der Waals surface area contributed by atoms with Crippen LogP contribution in [0.25, 0.3) is 0 Å². The number of hydrogen-bond acceptors (Lipinski definition) is 4. The number of hydrogen-bond donors (Lipinski definition) is 1. The second-order valence-electron chi connectivity index (χ2n) is 4.05. The molecule has 0 saturated heterocycles. The fourth-order valence-electron chi connectivity index (χ4n) is 1.34. The Morgan fingerprint density at radius 2 is 1.79 bits per heavy atom. The molecule has 1 N–H and O–H groups in total. The molecule has 1 amide bonds. The Hall–Kier alpha value is -2.30. The standard InChI is InChI=1S/C14H17NO4/c1-10(2)12(13(16)18-3)15-14(17)19-9-11-7-5-4-6-8-11/h4-8H,9H2,1-3H3,(H,15,17). The Kier molecular flexibility index (Phi) is 5.60. The predicted octanol–water partition coefficient (Wildman–Crippen LogP) is 2.38. The molecule has 19 heavy (non-hydrogen) atoms. The van der Waals surface area contributed by atoms with E-state index < -0.39 is 12.1 Å². The molecule has 0 radical (unpaired) electrons. The summed E-state index contributed by atoms with van der Waals surface area (Å²) in [6.07, 6.45) is -0.689. The molecule has 0 unspecified atom stereocenters. The van der Waals surface area contributed by atoms with Crippen LogP contribution in [0.2, 0.25) is 0 Å². The minimum absolute atomic E-state index is 0.0977. The van der Waals surface area contributed by atoms with Gasteiger partial charge in [-0.2, -0.15) is 0 Å². The number of alkyl carbamates (subject to hydrolysis) is 1. The molecule has 0 aromatic heterocycles. The van der Waals surface area contributed by atoms with E-state index in [-0.39, 0.29) is 12.3 Å². The van der Waals surface area contributed by atoms with Crippen LogP contribution in [-0.4, -0.2) is 19.2 Å². The summed E-state index contributed by atoms with van der Waals surface area (Å²) in [7, 11) is 1.25. The highest BCUT2D eigenvalue weighted by atomic mass is 16.6. The van der Waals surface area contributed by atoms with Gasteiger partial charge in [-0.05, 0) is 25.0 Å². The predicted molar refractivity (Wildman–Crippen MR) is 70.2 cm³/mol. The number of methoxy groups -OCH3 is 1. The summed E-state index contributed by atoms with van der Waals surface area (Å²) in [6.45, 7) is 3.54. The molecule has 1 aromatic rings. The molecule has 0 fully saturated rings. The molecule has 0 aliphatic carbocycles. The lowest BCUT2D eigenvalue weighted by molar-refractivity contribution is -0.136. The molecular formula is C14H17NO4. The number of ether oxygens (including phenoxy) is 2. The summed E-state index contributed by atoms with van der Waals surface area (Å²) in [5, 5.41) is 2.38. The molecule has 0 aliphatic rings. The summed E-state index contributed by atoms with van der Waals surface area (Å²) >= 11 is 0. The van der Waals surface area contributed by atoms with Gasteiger partial charge in [-0.25, -0.2) is 9.59 Å². The van der Waals surface area contributed by atoms with Gasteiger partial charge in [0.05, 0.1) is 7.11 Å². The zero-order valence-electron chi connectivity index (χ0n) is 11.2. The highest BCUT2D eigenvalue weighted by molar-refractivity contribution is 5.92. The molecule has 5 heteroatoms. The molecule has 0 spiro atoms. The molecule has 0 aliphatic heterocycles. The first kappa shape index (κ1) is 14.8. The van der Waals surface area contributed by atoms with Gasteiger partial charge in [-0.3, -0.25) is 5.32 Å². The lowest BCUT2D eigenvalue weighted by Crippen LogP contribution is -2.29. The number of nitrogens with one attached hydrogen (secondary N) is 1. The van der Waals surface area contributed by atoms with Crippen LogP contribution in [0.3, 0.4) is 0 Å². The minimum Gasteiger partial charge on any atom is -0.464 e. The van der Waals surface area contributed by atoms with Crippen LogP contribution in [0.5, 0.6) is 0 Å². The van der Waals surface area contributed by atoms with Crippen molar-refractivity contribution in [2.24, 2.45) is 0 Å². The van der Waals surface area contributed by atoms with E-state index in [0.29, 0.717) is 5.57 Å². The largest absolute Gasteiger partial charge is 0.464 e. The number of allylic oxidation sites excluding steroid dienone is 1. The second kappa shape index (κ2) is 7.20. The maximum atomic E-state index is 11.6. The van der Waals surface area contributed by atoms with E-state index in [1.54, 1.807) is 13.8 Å². The highest BCUT2D eigenvalue weighted by Gasteiger charge is 2.15. The van der Waals surface area contributed by atoms with Gasteiger partial charge in [0.25, 0.3) is 0 Å². The quantitative estimate of drug-likeness (QED) is 0.669. The van der Waals surface area contributed by atoms with Crippen LogP contribution in [-0.2, 0) is 20.9 Å². The van der Waals surface area contributed by atoms with Gasteiger partial charge in [0.15, 0.2) is 0 Å². The van der Waals surface area contributed by atoms with Crippen molar-refractivity contribution in [2.45, 2.75) is 20.5 Å². The van der Waals surface area contributed by atoms with Crippen LogP contribution in [0.1, 0.15) is 19.4 Å². The van der Waals surface area contributed by atoms with Gasteiger partial charge < -0.3 is 9.47 Å². The molecule has 1 aromatic carbocycles. The smallest absolute Gasteiger partial charge is 0.412 e. The van der Waals surface area contributed by atoms with Crippen molar-refractivity contribution in [1.82, 2.24) is 5.32 Å². The third-order valence-corrected chi connectivity index (χ3v) is 2.33. The van der Waals surface area contributed by atoms with E-state index in [1.807, 2.05) is 30.3 Å². The van der Waals surface area contributed by atoms with Crippen LogP contribution in [0, 0.1) is 0 Å². The number of rotatable bonds is 4. The second-order valence-corrected chi connectivity index (χ2v) is 4.05. The van der Waals surface area contributed by atoms with Gasteiger partial charge in [0.1, 0.15) is 12.3 Å². The topological polar surface area (TPSA) is 64.6 Å². The molecule has 0 atom stereocenters. The van der Waals surface area contributed by atoms with Crippen molar-refractivity contribution in [3.05, 3.63) is 47.2 Å². The monoisotopic (exact) mass is 263 g/mol. The van der Waals surface area contributed by atoms with Gasteiger partial charge in [-0.1, -0.05) is 30.3 Å². The minimum atomic E-state index is -0.689. The maximum absolute atomic E-state index is 11.6. The van der Waals surface area contributed by atoms with Gasteiger partial charge >= 0.3 is 12.1 Å². The fourth-order valence-corrected chi connectivity index (χ4v) is 1.34. The molecule has 0 saturated carbocycles. The van der Waals surface area contributed by atoms with Crippen LogP contribution in [0.4, 0.5) is 4.79 Å². The van der Waals surface area contributed by atoms with Gasteiger partial charge in [0, 0.05) is 0 Å². The third-order valence-electron chi connectivity index (χ3n) is 2.33. The van der Waals surface area contributed by atoms with Gasteiger partial charge in [0.2, 0.25) is 0 Å². The summed E-state index contributed by atoms with van der Waals surface area (Å²) in [6, 6.07) is 9.27. The van der Waals surface area contributed by atoms with E-state index >= 15 is 0 Å². The van der Waals surface area contributed by atoms with Crippen molar-refractivity contribution in [3.63, 3.8) is 0 Å². The first-order valence-corrected chi connectivity index (χ1v) is 5.78. The average molecular weight is 263 g/mol. The number of amides is 1. The Balaban J connectivity index is 2.55. The SMILES string of the molecule is COC(=O)C(NC(=O)OCc1ccccc1)=C(C)C. The van der Waals surface area contributed by atoms with Gasteiger partial charge in [-0.15, -0.1) is 0 Å². The van der Waals surface area contributed by atoms with Crippen LogP contribution < -0.4 is 5.32 Å². The van der Waals surface area contributed by atoms with Crippen LogP contribution >= 0.6 is 0 Å². The molecular weight excluding hydrogens is 246 g/mol. The van der Waals surface area contributed by atoms with E-state index in [2.05, 4.69) is 10.1 Å². The van der Waals surface area contributed by atoms with Crippen molar-refractivity contribution in [2.75, 3.05) is 7.11 Å². The van der Waals surface area contributed by atoms with Crippen molar-refractivity contribution in [1.29, 1.82) is 0 Å². The first-order valence-electron chi connectivity index (χ1n) is 5.78. The molecule has 1 rings (SSSR count). The Bertz CT molecular complexity index is 475. The Labute approximate surface area is 112 Å². The van der Waals surface area contributed by atoms with E-state index in [4.69, 9.17) is 4.74 Å². The fraction of sp³-hybridized carbons (Fsp3) is 0.286. The highest BCUT2D eigenvalue weighted by Crippen LogP contribution is 2.04. The van der Waals surface area contributed by atoms with Crippen molar-refractivity contribution < 1.29 is 19.1 Å².